The van der Waals surface area contributed by atoms with E-state index >= 15 is 0 Å². The van der Waals surface area contributed by atoms with Crippen LogP contribution in [0.4, 0.5) is 0 Å². The van der Waals surface area contributed by atoms with Crippen molar-refractivity contribution in [2.75, 3.05) is 6.67 Å². The Labute approximate surface area is 177 Å². The van der Waals surface area contributed by atoms with E-state index in [-0.39, 0.29) is 33.1 Å². The van der Waals surface area contributed by atoms with Gasteiger partial charge in [0, 0.05) is 16.9 Å². The van der Waals surface area contributed by atoms with Gasteiger partial charge in [-0.1, -0.05) is 63.8 Å². The molecule has 9 nitrogen and oxygen atoms in total. The maximum atomic E-state index is 4.09. The second kappa shape index (κ2) is 13.7. The van der Waals surface area contributed by atoms with Crippen LogP contribution in [0, 0.1) is 5.41 Å². The van der Waals surface area contributed by atoms with Gasteiger partial charge < -0.3 is 0 Å². The predicted octanol–water partition coefficient (Wildman–Crippen LogP) is 5.72. The number of rotatable bonds is 1. The van der Waals surface area contributed by atoms with Crippen LogP contribution >= 0.6 is 0 Å². The van der Waals surface area contributed by atoms with Crippen LogP contribution < -0.4 is 0 Å². The highest BCUT2D eigenvalue weighted by molar-refractivity contribution is 5.88. The van der Waals surface area contributed by atoms with Crippen molar-refractivity contribution in [2.24, 2.45) is 20.6 Å². The normalized spacial score (nSPS) is 12.2. The molecule has 0 atom stereocenters. The van der Waals surface area contributed by atoms with Crippen LogP contribution in [-0.4, -0.2) is 42.5 Å². The molecule has 1 aliphatic heterocycles. The average molecular weight is 410 g/mol. The lowest BCUT2D eigenvalue weighted by atomic mass is 9.96. The van der Waals surface area contributed by atoms with E-state index in [2.05, 4.69) is 95.9 Å². The third kappa shape index (κ3) is 11.9. The van der Waals surface area contributed by atoms with Gasteiger partial charge in [-0.05, 0) is 13.8 Å². The van der Waals surface area contributed by atoms with E-state index in [0.717, 1.165) is 11.7 Å². The van der Waals surface area contributed by atoms with Gasteiger partial charge in [-0.2, -0.15) is 15.3 Å². The molecular formula is C20H43N9. The number of aromatic nitrogens is 6. The summed E-state index contributed by atoms with van der Waals surface area (Å²) in [6.45, 7) is 17.2. The predicted molar refractivity (Wildman–Crippen MR) is 122 cm³/mol. The van der Waals surface area contributed by atoms with Crippen molar-refractivity contribution in [1.29, 1.82) is 0 Å². The molecule has 0 fully saturated rings. The quantitative estimate of drug-likeness (QED) is 0.649. The smallest absolute Gasteiger partial charge is 0.153 e. The molecule has 168 valence electrons. The van der Waals surface area contributed by atoms with Crippen molar-refractivity contribution in [1.82, 2.24) is 29.9 Å². The van der Waals surface area contributed by atoms with Crippen molar-refractivity contribution in [3.63, 3.8) is 0 Å². The number of amidine groups is 1. The summed E-state index contributed by atoms with van der Waals surface area (Å²) < 4.78 is 1.81. The van der Waals surface area contributed by atoms with Gasteiger partial charge in [0.25, 0.3) is 0 Å². The first kappa shape index (κ1) is 31.3. The Morgan fingerprint density at radius 3 is 1.79 bits per heavy atom. The van der Waals surface area contributed by atoms with Gasteiger partial charge in [0.2, 0.25) is 0 Å². The number of H-pyrrole nitrogens is 1. The van der Waals surface area contributed by atoms with E-state index in [9.17, 15) is 0 Å². The standard InChI is InChI=1S/2C6H11N3.C5H9N3.3CH4/c2*1-6(2,3)5-7-4-8-9-5;1-5(2)8-4-6-3-7-8;;;/h4H2,1-3H3;4H,1-3H3,(H,7,8,9);3-5H,1-2H3;3*1H4. The molecule has 0 spiro atoms. The number of azo groups is 1. The largest absolute Gasteiger partial charge is 0.263 e. The van der Waals surface area contributed by atoms with Gasteiger partial charge in [-0.25, -0.2) is 15.0 Å². The number of hydrogen-bond donors (Lipinski definition) is 1. The van der Waals surface area contributed by atoms with E-state index < -0.39 is 0 Å². The molecule has 2 aromatic rings. The zero-order valence-corrected chi connectivity index (χ0v) is 17.1. The monoisotopic (exact) mass is 409 g/mol. The molecule has 3 rings (SSSR count). The Morgan fingerprint density at radius 1 is 0.966 bits per heavy atom. The van der Waals surface area contributed by atoms with Gasteiger partial charge in [0.1, 0.15) is 24.8 Å². The van der Waals surface area contributed by atoms with Crippen molar-refractivity contribution >= 4 is 5.84 Å². The zero-order valence-electron chi connectivity index (χ0n) is 17.1. The summed E-state index contributed by atoms with van der Waals surface area (Å²) in [5.41, 5.74) is 0.163. The maximum absolute atomic E-state index is 4.09. The third-order valence-electron chi connectivity index (χ3n) is 3.21. The average Bonchev–Trinajstić information content (AvgIpc) is 3.28. The fourth-order valence-electron chi connectivity index (χ4n) is 1.67. The van der Waals surface area contributed by atoms with Crippen LogP contribution in [0.15, 0.2) is 34.2 Å². The number of nitrogens with one attached hydrogen (secondary N) is 1. The molecule has 0 bridgehead atoms. The number of nitrogens with zero attached hydrogens (tertiary/aromatic N) is 8. The van der Waals surface area contributed by atoms with Gasteiger partial charge in [0.05, 0.1) is 0 Å². The third-order valence-corrected chi connectivity index (χ3v) is 3.21. The minimum atomic E-state index is 0. The molecule has 9 heteroatoms. The van der Waals surface area contributed by atoms with E-state index in [1.807, 2.05) is 0 Å². The molecule has 3 heterocycles. The van der Waals surface area contributed by atoms with Crippen LogP contribution in [0.25, 0.3) is 0 Å². The van der Waals surface area contributed by atoms with Crippen LogP contribution in [-0.2, 0) is 5.41 Å². The Bertz CT molecular complexity index is 671. The summed E-state index contributed by atoms with van der Waals surface area (Å²) in [7, 11) is 0. The van der Waals surface area contributed by atoms with Gasteiger partial charge >= 0.3 is 0 Å². The fraction of sp³-hybridized carbons (Fsp3) is 0.750. The van der Waals surface area contributed by atoms with Crippen molar-refractivity contribution in [2.45, 2.75) is 89.1 Å². The summed E-state index contributed by atoms with van der Waals surface area (Å²) in [6, 6.07) is 0.428. The van der Waals surface area contributed by atoms with E-state index in [1.54, 1.807) is 17.3 Å². The topological polar surface area (TPSA) is 109 Å². The van der Waals surface area contributed by atoms with Crippen LogP contribution in [0.3, 0.4) is 0 Å². The Kier molecular flexibility index (Phi) is 14.7. The molecule has 0 aliphatic carbocycles. The summed E-state index contributed by atoms with van der Waals surface area (Å²) in [5.74, 6) is 1.80. The molecule has 1 aliphatic rings. The molecule has 0 unspecified atom stereocenters. The summed E-state index contributed by atoms with van der Waals surface area (Å²) in [6.07, 6.45) is 4.78. The van der Waals surface area contributed by atoms with Crippen LogP contribution in [0.2, 0.25) is 0 Å². The minimum Gasteiger partial charge on any atom is -0.263 e. The Morgan fingerprint density at radius 2 is 1.59 bits per heavy atom. The fourth-order valence-corrected chi connectivity index (χ4v) is 1.67. The molecule has 2 aromatic heterocycles. The van der Waals surface area contributed by atoms with Crippen molar-refractivity contribution in [3.05, 3.63) is 24.8 Å². The highest BCUT2D eigenvalue weighted by Crippen LogP contribution is 2.19. The minimum absolute atomic E-state index is 0. The van der Waals surface area contributed by atoms with Gasteiger partial charge in [-0.15, -0.1) is 5.11 Å². The molecule has 0 aromatic carbocycles. The molecule has 0 saturated heterocycles. The van der Waals surface area contributed by atoms with Gasteiger partial charge in [0.15, 0.2) is 12.5 Å². The second-order valence-corrected chi connectivity index (χ2v) is 8.17. The molecule has 29 heavy (non-hydrogen) atoms. The molecular weight excluding hydrogens is 366 g/mol. The summed E-state index contributed by atoms with van der Waals surface area (Å²) in [4.78, 5) is 11.9. The molecule has 0 saturated carbocycles. The Hall–Kier alpha value is -2.45. The van der Waals surface area contributed by atoms with Gasteiger partial charge in [-0.3, -0.25) is 9.78 Å². The zero-order chi connectivity index (χ0) is 19.8. The van der Waals surface area contributed by atoms with E-state index in [4.69, 9.17) is 0 Å². The number of aromatic amines is 1. The SMILES string of the molecule is C.C.C.CC(C)(C)C1=NCN=N1.CC(C)(C)c1ncn[nH]1.CC(C)n1cncn1. The van der Waals surface area contributed by atoms with E-state index in [0.29, 0.717) is 12.7 Å². The first-order valence-corrected chi connectivity index (χ1v) is 8.64. The Balaban J connectivity index is -0.000000333. The molecule has 1 N–H and O–H groups in total. The summed E-state index contributed by atoms with van der Waals surface area (Å²) in [5, 5.41) is 18.1. The van der Waals surface area contributed by atoms with Crippen LogP contribution in [0.5, 0.6) is 0 Å². The lowest BCUT2D eigenvalue weighted by molar-refractivity contribution is 0.531. The highest BCUT2D eigenvalue weighted by atomic mass is 15.3. The first-order valence-electron chi connectivity index (χ1n) is 8.64. The lowest BCUT2D eigenvalue weighted by Crippen LogP contribution is -2.16. The van der Waals surface area contributed by atoms with Crippen LogP contribution in [0.1, 0.15) is 89.5 Å². The molecule has 0 amide bonds. The number of hydrogen-bond acceptors (Lipinski definition) is 7. The second-order valence-electron chi connectivity index (χ2n) is 8.17. The van der Waals surface area contributed by atoms with E-state index in [1.165, 1.54) is 6.33 Å². The first-order chi connectivity index (χ1) is 12.0. The lowest BCUT2D eigenvalue weighted by Gasteiger charge is -2.13. The summed E-state index contributed by atoms with van der Waals surface area (Å²) >= 11 is 0. The van der Waals surface area contributed by atoms with Crippen molar-refractivity contribution in [3.8, 4) is 0 Å². The highest BCUT2D eigenvalue weighted by Gasteiger charge is 2.20. The maximum Gasteiger partial charge on any atom is 0.153 e. The number of aliphatic imine (C=N–C) groups is 1. The molecule has 0 radical (unpaired) electrons. The van der Waals surface area contributed by atoms with Crippen molar-refractivity contribution < 1.29 is 0 Å².